The quantitative estimate of drug-likeness (QED) is 0.186. The Morgan fingerprint density at radius 1 is 0.889 bits per heavy atom. The molecule has 0 bridgehead atoms. The average molecular weight is 510 g/mol. The van der Waals surface area contributed by atoms with E-state index >= 15 is 0 Å². The maximum atomic E-state index is 13.1. The molecule has 1 rings (SSSR count). The third-order valence-corrected chi connectivity index (χ3v) is 5.19. The Kier molecular flexibility index (Phi) is 17.8. The molecule has 0 saturated carbocycles. The van der Waals surface area contributed by atoms with E-state index in [0.29, 0.717) is 44.2 Å². The summed E-state index contributed by atoms with van der Waals surface area (Å²) in [6.45, 7) is 6.68. The van der Waals surface area contributed by atoms with Crippen molar-refractivity contribution in [2.24, 2.45) is 0 Å². The standard InChI is InChI=1S/C26H43N3O7/c1-3-5-13-27-24(31)12-11-22(26(33)28-14-6-4-2)29-25(32)21-9-7-8-10-23(21)36-20-19-35-18-17-34-16-15-30/h7-10,22,30H,3-6,11-20H2,1-2H3,(H,27,31)(H,28,33)(H,29,32). The first-order chi connectivity index (χ1) is 17.5. The number of benzene rings is 1. The molecule has 1 unspecified atom stereocenters. The zero-order valence-electron chi connectivity index (χ0n) is 21.7. The van der Waals surface area contributed by atoms with Crippen LogP contribution in [0.25, 0.3) is 0 Å². The van der Waals surface area contributed by atoms with Crippen molar-refractivity contribution < 1.29 is 33.7 Å². The summed E-state index contributed by atoms with van der Waals surface area (Å²) in [6.07, 6.45) is 3.95. The molecule has 0 fully saturated rings. The van der Waals surface area contributed by atoms with Crippen LogP contribution in [0.5, 0.6) is 5.75 Å². The van der Waals surface area contributed by atoms with Crippen molar-refractivity contribution in [3.05, 3.63) is 29.8 Å². The van der Waals surface area contributed by atoms with Crippen LogP contribution in [0.15, 0.2) is 24.3 Å². The summed E-state index contributed by atoms with van der Waals surface area (Å²) in [6, 6.07) is 5.93. The highest BCUT2D eigenvalue weighted by Gasteiger charge is 2.23. The Hall–Kier alpha value is -2.69. The van der Waals surface area contributed by atoms with Crippen molar-refractivity contribution in [1.82, 2.24) is 16.0 Å². The summed E-state index contributed by atoms with van der Waals surface area (Å²) in [5.74, 6) is -0.536. The number of rotatable bonds is 21. The molecule has 1 aromatic carbocycles. The molecule has 36 heavy (non-hydrogen) atoms. The second-order valence-corrected chi connectivity index (χ2v) is 8.21. The second kappa shape index (κ2) is 20.5. The highest BCUT2D eigenvalue weighted by atomic mass is 16.5. The lowest BCUT2D eigenvalue weighted by Gasteiger charge is -2.19. The molecule has 10 nitrogen and oxygen atoms in total. The molecule has 0 aliphatic carbocycles. The molecule has 0 aliphatic rings. The molecule has 4 N–H and O–H groups in total. The number of aliphatic hydroxyl groups is 1. The number of hydrogen-bond donors (Lipinski definition) is 4. The molecule has 1 aromatic rings. The van der Waals surface area contributed by atoms with Crippen molar-refractivity contribution in [2.75, 3.05) is 52.7 Å². The Bertz CT molecular complexity index is 761. The van der Waals surface area contributed by atoms with Gasteiger partial charge in [0.25, 0.3) is 5.91 Å². The van der Waals surface area contributed by atoms with Gasteiger partial charge < -0.3 is 35.3 Å². The fourth-order valence-corrected chi connectivity index (χ4v) is 3.16. The van der Waals surface area contributed by atoms with E-state index in [-0.39, 0.29) is 44.5 Å². The van der Waals surface area contributed by atoms with E-state index in [9.17, 15) is 14.4 Å². The van der Waals surface area contributed by atoms with Gasteiger partial charge in [-0.15, -0.1) is 0 Å². The van der Waals surface area contributed by atoms with Gasteiger partial charge in [-0.25, -0.2) is 0 Å². The maximum absolute atomic E-state index is 13.1. The van der Waals surface area contributed by atoms with Gasteiger partial charge in [0.2, 0.25) is 11.8 Å². The van der Waals surface area contributed by atoms with Gasteiger partial charge in [-0.05, 0) is 31.4 Å². The highest BCUT2D eigenvalue weighted by Crippen LogP contribution is 2.18. The number of carbonyl (C=O) groups excluding carboxylic acids is 3. The van der Waals surface area contributed by atoms with Gasteiger partial charge >= 0.3 is 0 Å². The van der Waals surface area contributed by atoms with E-state index in [1.807, 2.05) is 13.8 Å². The molecule has 0 saturated heterocycles. The zero-order chi connectivity index (χ0) is 26.4. The van der Waals surface area contributed by atoms with Crippen molar-refractivity contribution in [3.63, 3.8) is 0 Å². The fourth-order valence-electron chi connectivity index (χ4n) is 3.16. The van der Waals surface area contributed by atoms with Gasteiger partial charge in [-0.3, -0.25) is 14.4 Å². The molecule has 3 amide bonds. The summed E-state index contributed by atoms with van der Waals surface area (Å²) < 4.78 is 16.3. The van der Waals surface area contributed by atoms with Crippen LogP contribution in [-0.4, -0.2) is 81.6 Å². The van der Waals surface area contributed by atoms with Crippen molar-refractivity contribution in [3.8, 4) is 5.75 Å². The van der Waals surface area contributed by atoms with E-state index in [1.54, 1.807) is 24.3 Å². The van der Waals surface area contributed by atoms with E-state index < -0.39 is 11.9 Å². The first-order valence-electron chi connectivity index (χ1n) is 12.9. The fraction of sp³-hybridized carbons (Fsp3) is 0.654. The topological polar surface area (TPSA) is 135 Å². The summed E-state index contributed by atoms with van der Waals surface area (Å²) in [7, 11) is 0. The highest BCUT2D eigenvalue weighted by molar-refractivity contribution is 5.99. The molecular weight excluding hydrogens is 466 g/mol. The Morgan fingerprint density at radius 2 is 1.53 bits per heavy atom. The number of unbranched alkanes of at least 4 members (excludes halogenated alkanes) is 2. The minimum absolute atomic E-state index is 0.0324. The maximum Gasteiger partial charge on any atom is 0.255 e. The Morgan fingerprint density at radius 3 is 2.22 bits per heavy atom. The van der Waals surface area contributed by atoms with Gasteiger partial charge in [-0.1, -0.05) is 38.8 Å². The van der Waals surface area contributed by atoms with E-state index in [0.717, 1.165) is 25.7 Å². The smallest absolute Gasteiger partial charge is 0.255 e. The van der Waals surface area contributed by atoms with E-state index in [4.69, 9.17) is 19.3 Å². The van der Waals surface area contributed by atoms with Gasteiger partial charge in [0.15, 0.2) is 0 Å². The van der Waals surface area contributed by atoms with Crippen LogP contribution in [0.1, 0.15) is 62.7 Å². The van der Waals surface area contributed by atoms with E-state index in [2.05, 4.69) is 16.0 Å². The third kappa shape index (κ3) is 14.0. The predicted octanol–water partition coefficient (Wildman–Crippen LogP) is 1.80. The van der Waals surface area contributed by atoms with Gasteiger partial charge in [-0.2, -0.15) is 0 Å². The number of nitrogens with one attached hydrogen (secondary N) is 3. The molecule has 0 radical (unpaired) electrons. The molecule has 0 heterocycles. The van der Waals surface area contributed by atoms with Crippen molar-refractivity contribution in [2.45, 2.75) is 58.4 Å². The molecule has 0 aromatic heterocycles. The van der Waals surface area contributed by atoms with Crippen molar-refractivity contribution in [1.29, 1.82) is 0 Å². The summed E-state index contributed by atoms with van der Waals surface area (Å²) >= 11 is 0. The first-order valence-corrected chi connectivity index (χ1v) is 12.9. The first kappa shape index (κ1) is 31.3. The summed E-state index contributed by atoms with van der Waals surface area (Å²) in [5, 5.41) is 17.1. The van der Waals surface area contributed by atoms with Crippen LogP contribution in [0.2, 0.25) is 0 Å². The number of aliphatic hydroxyl groups excluding tert-OH is 1. The monoisotopic (exact) mass is 509 g/mol. The van der Waals surface area contributed by atoms with Gasteiger partial charge in [0.05, 0.1) is 38.6 Å². The Balaban J connectivity index is 2.68. The lowest BCUT2D eigenvalue weighted by atomic mass is 10.1. The van der Waals surface area contributed by atoms with Crippen LogP contribution in [0.4, 0.5) is 0 Å². The molecule has 1 atom stereocenters. The molecule has 204 valence electrons. The molecular formula is C26H43N3O7. The third-order valence-electron chi connectivity index (χ3n) is 5.19. The molecule has 10 heteroatoms. The number of carbonyl (C=O) groups is 3. The zero-order valence-corrected chi connectivity index (χ0v) is 21.7. The Labute approximate surface area is 214 Å². The predicted molar refractivity (Wildman–Crippen MR) is 137 cm³/mol. The number of ether oxygens (including phenoxy) is 3. The number of amides is 3. The molecule has 0 spiro atoms. The number of para-hydroxylation sites is 1. The van der Waals surface area contributed by atoms with E-state index in [1.165, 1.54) is 0 Å². The SMILES string of the molecule is CCCCNC(=O)CCC(NC(=O)c1ccccc1OCCOCCOCCO)C(=O)NCCCC. The van der Waals surface area contributed by atoms with Gasteiger partial charge in [0.1, 0.15) is 18.4 Å². The molecule has 0 aliphatic heterocycles. The lowest BCUT2D eigenvalue weighted by Crippen LogP contribution is -2.47. The minimum atomic E-state index is -0.846. The van der Waals surface area contributed by atoms with Crippen LogP contribution in [-0.2, 0) is 19.1 Å². The van der Waals surface area contributed by atoms with Crippen LogP contribution >= 0.6 is 0 Å². The minimum Gasteiger partial charge on any atom is -0.490 e. The largest absolute Gasteiger partial charge is 0.490 e. The summed E-state index contributed by atoms with van der Waals surface area (Å²) in [4.78, 5) is 38.0. The lowest BCUT2D eigenvalue weighted by molar-refractivity contribution is -0.124. The summed E-state index contributed by atoms with van der Waals surface area (Å²) in [5.41, 5.74) is 0.294. The van der Waals surface area contributed by atoms with Crippen LogP contribution in [0.3, 0.4) is 0 Å². The number of hydrogen-bond acceptors (Lipinski definition) is 7. The van der Waals surface area contributed by atoms with Gasteiger partial charge in [0, 0.05) is 19.5 Å². The normalized spacial score (nSPS) is 11.5. The van der Waals surface area contributed by atoms with Crippen molar-refractivity contribution >= 4 is 17.7 Å². The average Bonchev–Trinajstić information content (AvgIpc) is 2.88. The second-order valence-electron chi connectivity index (χ2n) is 8.21. The van der Waals surface area contributed by atoms with Crippen LogP contribution in [0, 0.1) is 0 Å². The van der Waals surface area contributed by atoms with Crippen LogP contribution < -0.4 is 20.7 Å².